The summed E-state index contributed by atoms with van der Waals surface area (Å²) in [6.07, 6.45) is 0.979. The highest BCUT2D eigenvalue weighted by molar-refractivity contribution is 5.57. The summed E-state index contributed by atoms with van der Waals surface area (Å²) in [6.45, 7) is 13.2. The van der Waals surface area contributed by atoms with Crippen LogP contribution in [-0.4, -0.2) is 10.2 Å². The minimum atomic E-state index is -0.166. The Bertz CT molecular complexity index is 779. The second kappa shape index (κ2) is 5.02. The summed E-state index contributed by atoms with van der Waals surface area (Å²) in [6, 6.07) is 11.7. The van der Waals surface area contributed by atoms with Gasteiger partial charge in [0, 0.05) is 5.41 Å². The molecule has 1 atom stereocenters. The zero-order valence-electron chi connectivity index (χ0n) is 15.6. The van der Waals surface area contributed by atoms with Crippen molar-refractivity contribution in [2.45, 2.75) is 64.2 Å². The van der Waals surface area contributed by atoms with Crippen LogP contribution in [0.25, 0.3) is 0 Å². The molecule has 24 heavy (non-hydrogen) atoms. The second-order valence-electron chi connectivity index (χ2n) is 9.10. The number of phenolic OH excluding ortho intramolecular Hbond substituents is 2. The minimum absolute atomic E-state index is 0.0374. The smallest absolute Gasteiger partial charge is 0.119 e. The average molecular weight is 324 g/mol. The van der Waals surface area contributed by atoms with Crippen LogP contribution in [0.1, 0.15) is 70.2 Å². The molecule has 1 aliphatic rings. The molecule has 0 heterocycles. The molecule has 3 rings (SSSR count). The third-order valence-corrected chi connectivity index (χ3v) is 5.57. The summed E-state index contributed by atoms with van der Waals surface area (Å²) < 4.78 is 0. The van der Waals surface area contributed by atoms with E-state index in [0.29, 0.717) is 5.75 Å². The van der Waals surface area contributed by atoms with Gasteiger partial charge in [-0.15, -0.1) is 0 Å². The van der Waals surface area contributed by atoms with Gasteiger partial charge >= 0.3 is 0 Å². The van der Waals surface area contributed by atoms with E-state index < -0.39 is 0 Å². The number of aromatic hydroxyl groups is 2. The summed E-state index contributed by atoms with van der Waals surface area (Å²) >= 11 is 0. The van der Waals surface area contributed by atoms with Crippen molar-refractivity contribution in [2.24, 2.45) is 0 Å². The standard InChI is InChI=1S/C22H28O2/c1-20(2,3)18-11-16-17(12-19(18)24)22(6,13-21(16,4)5)14-7-9-15(23)10-8-14/h7-12,23-24H,13H2,1-6H3. The van der Waals surface area contributed by atoms with Gasteiger partial charge in [0.1, 0.15) is 11.5 Å². The maximum atomic E-state index is 10.7. The predicted molar refractivity (Wildman–Crippen MR) is 99.0 cm³/mol. The lowest BCUT2D eigenvalue weighted by Gasteiger charge is -2.28. The Labute approximate surface area is 145 Å². The number of hydrogen-bond donors (Lipinski definition) is 2. The first kappa shape index (κ1) is 16.9. The van der Waals surface area contributed by atoms with Crippen LogP contribution in [-0.2, 0) is 16.2 Å². The van der Waals surface area contributed by atoms with Crippen molar-refractivity contribution in [3.63, 3.8) is 0 Å². The topological polar surface area (TPSA) is 40.5 Å². The van der Waals surface area contributed by atoms with Crippen LogP contribution in [0.4, 0.5) is 0 Å². The Balaban J connectivity index is 2.24. The maximum Gasteiger partial charge on any atom is 0.119 e. The molecular weight excluding hydrogens is 296 g/mol. The molecule has 0 aromatic heterocycles. The van der Waals surface area contributed by atoms with Crippen molar-refractivity contribution in [1.29, 1.82) is 0 Å². The van der Waals surface area contributed by atoms with E-state index in [1.807, 2.05) is 18.2 Å². The van der Waals surface area contributed by atoms with Crippen LogP contribution >= 0.6 is 0 Å². The van der Waals surface area contributed by atoms with Gasteiger partial charge in [0.25, 0.3) is 0 Å². The summed E-state index contributed by atoms with van der Waals surface area (Å²) in [4.78, 5) is 0. The molecule has 0 saturated carbocycles. The normalized spacial score (nSPS) is 22.4. The highest BCUT2D eigenvalue weighted by Crippen LogP contribution is 2.54. The van der Waals surface area contributed by atoms with E-state index >= 15 is 0 Å². The lowest BCUT2D eigenvalue weighted by Crippen LogP contribution is -2.23. The summed E-state index contributed by atoms with van der Waals surface area (Å²) in [7, 11) is 0. The molecule has 1 aliphatic carbocycles. The quantitative estimate of drug-likeness (QED) is 0.739. The molecule has 2 nitrogen and oxygen atoms in total. The fourth-order valence-electron chi connectivity index (χ4n) is 4.37. The molecule has 1 unspecified atom stereocenters. The summed E-state index contributed by atoms with van der Waals surface area (Å²) in [5.74, 6) is 0.662. The van der Waals surface area contributed by atoms with Gasteiger partial charge in [-0.05, 0) is 57.7 Å². The summed E-state index contributed by atoms with van der Waals surface area (Å²) in [5.41, 5.74) is 4.48. The molecule has 0 saturated heterocycles. The van der Waals surface area contributed by atoms with E-state index in [-0.39, 0.29) is 22.0 Å². The number of benzene rings is 2. The largest absolute Gasteiger partial charge is 0.508 e. The highest BCUT2D eigenvalue weighted by Gasteiger charge is 2.46. The van der Waals surface area contributed by atoms with Crippen molar-refractivity contribution >= 4 is 0 Å². The molecule has 2 N–H and O–H groups in total. The monoisotopic (exact) mass is 324 g/mol. The number of phenols is 2. The Morgan fingerprint density at radius 2 is 1.46 bits per heavy atom. The van der Waals surface area contributed by atoms with Crippen LogP contribution in [0.15, 0.2) is 36.4 Å². The van der Waals surface area contributed by atoms with Gasteiger partial charge in [-0.1, -0.05) is 59.7 Å². The molecule has 128 valence electrons. The first-order valence-electron chi connectivity index (χ1n) is 8.63. The van der Waals surface area contributed by atoms with Gasteiger partial charge in [0.15, 0.2) is 0 Å². The zero-order valence-corrected chi connectivity index (χ0v) is 15.6. The Morgan fingerprint density at radius 1 is 0.875 bits per heavy atom. The van der Waals surface area contributed by atoms with Crippen LogP contribution in [0.5, 0.6) is 11.5 Å². The molecule has 2 aromatic rings. The van der Waals surface area contributed by atoms with Crippen molar-refractivity contribution < 1.29 is 10.2 Å². The van der Waals surface area contributed by atoms with E-state index in [0.717, 1.165) is 12.0 Å². The van der Waals surface area contributed by atoms with Crippen molar-refractivity contribution in [3.05, 3.63) is 58.7 Å². The summed E-state index contributed by atoms with van der Waals surface area (Å²) in [5, 5.41) is 20.3. The SMILES string of the molecule is CC(C)(C)c1cc2c(cc1O)C(C)(c1ccc(O)cc1)CC2(C)C. The van der Waals surface area contributed by atoms with Crippen LogP contribution in [0.2, 0.25) is 0 Å². The second-order valence-corrected chi connectivity index (χ2v) is 9.10. The molecule has 0 radical (unpaired) electrons. The highest BCUT2D eigenvalue weighted by atomic mass is 16.3. The van der Waals surface area contributed by atoms with Gasteiger partial charge in [0.05, 0.1) is 0 Å². The maximum absolute atomic E-state index is 10.7. The molecule has 0 bridgehead atoms. The number of fused-ring (bicyclic) bond motifs is 1. The number of rotatable bonds is 1. The van der Waals surface area contributed by atoms with E-state index in [9.17, 15) is 10.2 Å². The predicted octanol–water partition coefficient (Wildman–Crippen LogP) is 5.38. The van der Waals surface area contributed by atoms with Crippen LogP contribution < -0.4 is 0 Å². The van der Waals surface area contributed by atoms with Crippen molar-refractivity contribution in [2.75, 3.05) is 0 Å². The Hall–Kier alpha value is -1.96. The minimum Gasteiger partial charge on any atom is -0.508 e. The molecule has 2 aromatic carbocycles. The Morgan fingerprint density at radius 3 is 2.00 bits per heavy atom. The van der Waals surface area contributed by atoms with Gasteiger partial charge in [-0.3, -0.25) is 0 Å². The third-order valence-electron chi connectivity index (χ3n) is 5.57. The average Bonchev–Trinajstić information content (AvgIpc) is 2.65. The van der Waals surface area contributed by atoms with Gasteiger partial charge in [-0.25, -0.2) is 0 Å². The van der Waals surface area contributed by atoms with Gasteiger partial charge in [-0.2, -0.15) is 0 Å². The number of hydrogen-bond acceptors (Lipinski definition) is 2. The van der Waals surface area contributed by atoms with E-state index in [4.69, 9.17) is 0 Å². The van der Waals surface area contributed by atoms with E-state index in [2.05, 4.69) is 47.6 Å². The molecule has 0 amide bonds. The third kappa shape index (κ3) is 2.49. The zero-order chi connectivity index (χ0) is 17.9. The van der Waals surface area contributed by atoms with E-state index in [1.165, 1.54) is 16.7 Å². The van der Waals surface area contributed by atoms with Crippen molar-refractivity contribution in [3.8, 4) is 11.5 Å². The molecule has 0 spiro atoms. The lowest BCUT2D eigenvalue weighted by molar-refractivity contribution is 0.423. The fraction of sp³-hybridized carbons (Fsp3) is 0.455. The van der Waals surface area contributed by atoms with Crippen molar-refractivity contribution in [1.82, 2.24) is 0 Å². The van der Waals surface area contributed by atoms with E-state index in [1.54, 1.807) is 12.1 Å². The van der Waals surface area contributed by atoms with Gasteiger partial charge < -0.3 is 10.2 Å². The Kier molecular flexibility index (Phi) is 3.53. The van der Waals surface area contributed by atoms with Crippen LogP contribution in [0.3, 0.4) is 0 Å². The molecule has 0 aliphatic heterocycles. The molecule has 0 fully saturated rings. The molecular formula is C22H28O2. The first-order chi connectivity index (χ1) is 10.9. The lowest BCUT2D eigenvalue weighted by atomic mass is 9.75. The first-order valence-corrected chi connectivity index (χ1v) is 8.63. The fourth-order valence-corrected chi connectivity index (χ4v) is 4.37. The molecule has 2 heteroatoms. The van der Waals surface area contributed by atoms with Gasteiger partial charge in [0.2, 0.25) is 0 Å². The van der Waals surface area contributed by atoms with Crippen LogP contribution in [0, 0.1) is 0 Å².